The molecule has 0 saturated carbocycles. The zero-order valence-corrected chi connectivity index (χ0v) is 17.7. The summed E-state index contributed by atoms with van der Waals surface area (Å²) in [6.07, 6.45) is 0. The number of hydrogen-bond acceptors (Lipinski definition) is 2. The van der Waals surface area contributed by atoms with Gasteiger partial charge in [0.05, 0.1) is 11.4 Å². The maximum Gasteiger partial charge on any atom is 0.0501 e. The Morgan fingerprint density at radius 3 is 0.844 bits per heavy atom. The van der Waals surface area contributed by atoms with Crippen molar-refractivity contribution in [2.45, 2.75) is 0 Å². The van der Waals surface area contributed by atoms with Crippen LogP contribution in [-0.4, -0.2) is 0 Å². The molecule has 0 radical (unpaired) electrons. The molecule has 0 heterocycles. The molecule has 0 aliphatic carbocycles. The molecular weight excluding hydrogens is 388 g/mol. The maximum atomic E-state index is 6.95. The van der Waals surface area contributed by atoms with Gasteiger partial charge in [0.25, 0.3) is 0 Å². The summed E-state index contributed by atoms with van der Waals surface area (Å²) in [7, 11) is 0. The van der Waals surface area contributed by atoms with E-state index in [1.807, 2.05) is 60.7 Å². The summed E-state index contributed by atoms with van der Waals surface area (Å²) < 4.78 is 0. The molecule has 0 atom stereocenters. The minimum absolute atomic E-state index is 0.693. The smallest absolute Gasteiger partial charge is 0.0501 e. The van der Waals surface area contributed by atoms with E-state index in [1.165, 1.54) is 0 Å². The quantitative estimate of drug-likeness (QED) is 0.300. The average molecular weight is 413 g/mol. The van der Waals surface area contributed by atoms with Gasteiger partial charge in [-0.15, -0.1) is 0 Å². The van der Waals surface area contributed by atoms with E-state index in [-0.39, 0.29) is 0 Å². The Kier molecular flexibility index (Phi) is 5.19. The highest BCUT2D eigenvalue weighted by atomic mass is 14.7. The molecular formula is C30H24N2. The molecule has 0 fully saturated rings. The number of nitrogens with two attached hydrogens (primary N) is 2. The summed E-state index contributed by atoms with van der Waals surface area (Å²) >= 11 is 0. The maximum absolute atomic E-state index is 6.95. The Morgan fingerprint density at radius 1 is 0.281 bits per heavy atom. The molecule has 0 aliphatic heterocycles. The lowest BCUT2D eigenvalue weighted by Crippen LogP contribution is -2.05. The molecule has 0 spiro atoms. The molecule has 32 heavy (non-hydrogen) atoms. The first-order valence-electron chi connectivity index (χ1n) is 10.7. The Bertz CT molecular complexity index is 1280. The number of benzene rings is 5. The van der Waals surface area contributed by atoms with Gasteiger partial charge >= 0.3 is 0 Å². The summed E-state index contributed by atoms with van der Waals surface area (Å²) in [5.74, 6) is 0. The largest absolute Gasteiger partial charge is 0.398 e. The lowest BCUT2D eigenvalue weighted by atomic mass is 9.82. The summed E-state index contributed by atoms with van der Waals surface area (Å²) in [5.41, 5.74) is 23.5. The summed E-state index contributed by atoms with van der Waals surface area (Å²) in [4.78, 5) is 0. The first-order valence-corrected chi connectivity index (χ1v) is 10.7. The fraction of sp³-hybridized carbons (Fsp3) is 0. The molecule has 0 unspecified atom stereocenters. The highest BCUT2D eigenvalue weighted by Crippen LogP contribution is 2.51. The number of nitrogen functional groups attached to an aromatic ring is 2. The second kappa shape index (κ2) is 8.44. The van der Waals surface area contributed by atoms with Crippen molar-refractivity contribution in [3.63, 3.8) is 0 Å². The lowest BCUT2D eigenvalue weighted by molar-refractivity contribution is 1.54. The minimum atomic E-state index is 0.693. The molecule has 0 amide bonds. The van der Waals surface area contributed by atoms with Crippen LogP contribution < -0.4 is 11.5 Å². The Labute approximate surface area is 188 Å². The minimum Gasteiger partial charge on any atom is -0.398 e. The van der Waals surface area contributed by atoms with Gasteiger partial charge in [-0.1, -0.05) is 121 Å². The van der Waals surface area contributed by atoms with E-state index < -0.39 is 0 Å². The van der Waals surface area contributed by atoms with Crippen LogP contribution in [0.15, 0.2) is 121 Å². The number of hydrogen-bond donors (Lipinski definition) is 2. The van der Waals surface area contributed by atoms with Crippen LogP contribution >= 0.6 is 0 Å². The fourth-order valence-electron chi connectivity index (χ4n) is 4.41. The van der Waals surface area contributed by atoms with Gasteiger partial charge in [-0.2, -0.15) is 0 Å². The number of anilines is 2. The molecule has 0 bridgehead atoms. The topological polar surface area (TPSA) is 52.0 Å². The zero-order valence-electron chi connectivity index (χ0n) is 17.7. The van der Waals surface area contributed by atoms with Crippen molar-refractivity contribution >= 4 is 11.4 Å². The van der Waals surface area contributed by atoms with Crippen molar-refractivity contribution < 1.29 is 0 Å². The molecule has 2 nitrogen and oxygen atoms in total. The molecule has 5 rings (SSSR count). The van der Waals surface area contributed by atoms with Crippen molar-refractivity contribution in [2.75, 3.05) is 11.5 Å². The van der Waals surface area contributed by atoms with E-state index >= 15 is 0 Å². The Morgan fingerprint density at radius 2 is 0.531 bits per heavy atom. The fourth-order valence-corrected chi connectivity index (χ4v) is 4.41. The van der Waals surface area contributed by atoms with E-state index in [4.69, 9.17) is 11.5 Å². The van der Waals surface area contributed by atoms with Crippen LogP contribution in [0.5, 0.6) is 0 Å². The average Bonchev–Trinajstić information content (AvgIpc) is 2.86. The third-order valence-electron chi connectivity index (χ3n) is 5.83. The Hall–Kier alpha value is -4.30. The van der Waals surface area contributed by atoms with Gasteiger partial charge in [0.15, 0.2) is 0 Å². The first-order chi connectivity index (χ1) is 15.8. The van der Waals surface area contributed by atoms with E-state index in [2.05, 4.69) is 60.7 Å². The summed E-state index contributed by atoms with van der Waals surface area (Å²) in [6, 6.07) is 41.2. The molecule has 0 aliphatic rings. The van der Waals surface area contributed by atoms with Crippen LogP contribution in [0, 0.1) is 0 Å². The highest BCUT2D eigenvalue weighted by Gasteiger charge is 2.24. The third-order valence-corrected chi connectivity index (χ3v) is 5.83. The second-order valence-corrected chi connectivity index (χ2v) is 7.79. The molecule has 2 heteroatoms. The van der Waals surface area contributed by atoms with E-state index in [0.717, 1.165) is 44.5 Å². The van der Waals surface area contributed by atoms with E-state index in [1.54, 1.807) is 0 Å². The first kappa shape index (κ1) is 19.7. The van der Waals surface area contributed by atoms with Crippen molar-refractivity contribution in [1.82, 2.24) is 0 Å². The monoisotopic (exact) mass is 412 g/mol. The highest BCUT2D eigenvalue weighted by molar-refractivity contribution is 6.11. The molecule has 5 aromatic carbocycles. The lowest BCUT2D eigenvalue weighted by Gasteiger charge is -2.24. The summed E-state index contributed by atoms with van der Waals surface area (Å²) in [6.45, 7) is 0. The molecule has 154 valence electrons. The third kappa shape index (κ3) is 3.42. The van der Waals surface area contributed by atoms with Crippen LogP contribution in [0.2, 0.25) is 0 Å². The normalized spacial score (nSPS) is 10.8. The van der Waals surface area contributed by atoms with Crippen LogP contribution in [0.25, 0.3) is 44.5 Å². The zero-order chi connectivity index (χ0) is 21.9. The SMILES string of the molecule is Nc1c(-c2ccccc2)c(N)c(-c2ccccc2)c(-c2ccccc2)c1-c1ccccc1. The van der Waals surface area contributed by atoms with E-state index in [9.17, 15) is 0 Å². The van der Waals surface area contributed by atoms with Crippen molar-refractivity contribution in [2.24, 2.45) is 0 Å². The second-order valence-electron chi connectivity index (χ2n) is 7.79. The van der Waals surface area contributed by atoms with Gasteiger partial charge in [-0.25, -0.2) is 0 Å². The number of rotatable bonds is 4. The molecule has 5 aromatic rings. The van der Waals surface area contributed by atoms with Crippen molar-refractivity contribution in [1.29, 1.82) is 0 Å². The van der Waals surface area contributed by atoms with Crippen LogP contribution in [0.4, 0.5) is 11.4 Å². The predicted molar refractivity (Wildman–Crippen MR) is 137 cm³/mol. The van der Waals surface area contributed by atoms with Gasteiger partial charge in [-0.3, -0.25) is 0 Å². The van der Waals surface area contributed by atoms with Gasteiger partial charge < -0.3 is 11.5 Å². The molecule has 4 N–H and O–H groups in total. The van der Waals surface area contributed by atoms with Gasteiger partial charge in [-0.05, 0) is 22.3 Å². The van der Waals surface area contributed by atoms with Crippen molar-refractivity contribution in [3.05, 3.63) is 121 Å². The van der Waals surface area contributed by atoms with Gasteiger partial charge in [0.2, 0.25) is 0 Å². The van der Waals surface area contributed by atoms with E-state index in [0.29, 0.717) is 11.4 Å². The molecule has 0 aromatic heterocycles. The molecule has 0 saturated heterocycles. The summed E-state index contributed by atoms with van der Waals surface area (Å²) in [5, 5.41) is 0. The van der Waals surface area contributed by atoms with Gasteiger partial charge in [0.1, 0.15) is 0 Å². The van der Waals surface area contributed by atoms with Gasteiger partial charge in [0, 0.05) is 22.3 Å². The van der Waals surface area contributed by atoms with Crippen LogP contribution in [-0.2, 0) is 0 Å². The van der Waals surface area contributed by atoms with Crippen molar-refractivity contribution in [3.8, 4) is 44.5 Å². The van der Waals surface area contributed by atoms with Crippen LogP contribution in [0.1, 0.15) is 0 Å². The van der Waals surface area contributed by atoms with Crippen LogP contribution in [0.3, 0.4) is 0 Å². The standard InChI is InChI=1S/C30H24N2/c31-29-26(22-15-7-2-8-16-22)25(21-13-5-1-6-14-21)27(23-17-9-3-10-18-23)30(32)28(29)24-19-11-4-12-20-24/h1-20H,31-32H2. The predicted octanol–water partition coefficient (Wildman–Crippen LogP) is 7.52. The Balaban J connectivity index is 1.99.